The maximum absolute atomic E-state index is 13.5. The van der Waals surface area contributed by atoms with Crippen molar-refractivity contribution >= 4 is 10.0 Å². The zero-order chi connectivity index (χ0) is 19.6. The molecule has 3 aliphatic rings. The fourth-order valence-corrected chi connectivity index (χ4v) is 5.55. The number of allylic oxidation sites excluding steroid dienone is 3. The minimum Gasteiger partial charge on any atom is -0.490 e. The first-order valence-electron chi connectivity index (χ1n) is 9.89. The summed E-state index contributed by atoms with van der Waals surface area (Å²) in [7, 11) is -3.64. The van der Waals surface area contributed by atoms with Crippen molar-refractivity contribution in [3.63, 3.8) is 0 Å². The lowest BCUT2D eigenvalue weighted by molar-refractivity contribution is -0.0200. The van der Waals surface area contributed by atoms with Crippen LogP contribution in [0.15, 0.2) is 52.8 Å². The van der Waals surface area contributed by atoms with Gasteiger partial charge in [0.1, 0.15) is 18.5 Å². The first kappa shape index (κ1) is 19.5. The molecule has 2 heterocycles. The number of benzene rings is 1. The Morgan fingerprint density at radius 3 is 2.64 bits per heavy atom. The molecule has 1 fully saturated rings. The van der Waals surface area contributed by atoms with E-state index in [2.05, 4.69) is 6.08 Å². The molecule has 7 heteroatoms. The molecule has 28 heavy (non-hydrogen) atoms. The normalized spacial score (nSPS) is 23.3. The van der Waals surface area contributed by atoms with Crippen molar-refractivity contribution in [3.8, 4) is 0 Å². The van der Waals surface area contributed by atoms with E-state index < -0.39 is 10.0 Å². The minimum atomic E-state index is -3.64. The second kappa shape index (κ2) is 8.27. The van der Waals surface area contributed by atoms with Gasteiger partial charge in [-0.1, -0.05) is 23.8 Å². The molecule has 0 saturated carbocycles. The number of ether oxygens (including phenoxy) is 3. The van der Waals surface area contributed by atoms with Crippen molar-refractivity contribution in [1.29, 1.82) is 0 Å². The van der Waals surface area contributed by atoms with Crippen LogP contribution in [0.5, 0.6) is 0 Å². The van der Waals surface area contributed by atoms with Gasteiger partial charge < -0.3 is 14.2 Å². The Kier molecular flexibility index (Phi) is 5.75. The van der Waals surface area contributed by atoms with Gasteiger partial charge in [-0.2, -0.15) is 4.31 Å². The predicted molar refractivity (Wildman–Crippen MR) is 105 cm³/mol. The summed E-state index contributed by atoms with van der Waals surface area (Å²) in [4.78, 5) is 0.318. The third-order valence-electron chi connectivity index (χ3n) is 5.43. The maximum Gasteiger partial charge on any atom is 0.243 e. The lowest BCUT2D eigenvalue weighted by Crippen LogP contribution is -2.48. The Balaban J connectivity index is 1.58. The van der Waals surface area contributed by atoms with Crippen molar-refractivity contribution < 1.29 is 22.6 Å². The van der Waals surface area contributed by atoms with E-state index in [-0.39, 0.29) is 18.7 Å². The standard InChI is InChI=1S/C21H27NO5S/c1-16-6-8-19(9-7-16)28(23,24)22(17-10-12-25-13-11-17)14-18-15-26-20-4-2-3-5-21(20)27-18/h3,5-9,17-18H,2,4,10-15H2,1H3. The van der Waals surface area contributed by atoms with E-state index in [1.807, 2.05) is 25.1 Å². The first-order valence-corrected chi connectivity index (χ1v) is 11.3. The van der Waals surface area contributed by atoms with E-state index in [0.717, 1.165) is 29.9 Å². The number of aryl methyl sites for hydroxylation is 1. The van der Waals surface area contributed by atoms with Crippen LogP contribution in [-0.4, -0.2) is 51.2 Å². The fraction of sp³-hybridized carbons (Fsp3) is 0.524. The molecule has 4 rings (SSSR count). The Hall–Kier alpha value is -1.83. The molecule has 2 aliphatic heterocycles. The molecule has 152 valence electrons. The Bertz CT molecular complexity index is 853. The van der Waals surface area contributed by atoms with E-state index in [4.69, 9.17) is 14.2 Å². The number of hydrogen-bond donors (Lipinski definition) is 0. The van der Waals surface area contributed by atoms with Crippen LogP contribution in [0.25, 0.3) is 0 Å². The van der Waals surface area contributed by atoms with Crippen molar-refractivity contribution in [3.05, 3.63) is 53.5 Å². The van der Waals surface area contributed by atoms with Crippen molar-refractivity contribution in [2.45, 2.75) is 49.6 Å². The van der Waals surface area contributed by atoms with Gasteiger partial charge in [0.25, 0.3) is 0 Å². The summed E-state index contributed by atoms with van der Waals surface area (Å²) in [6, 6.07) is 6.93. The smallest absolute Gasteiger partial charge is 0.243 e. The van der Waals surface area contributed by atoms with E-state index in [9.17, 15) is 8.42 Å². The molecular weight excluding hydrogens is 378 g/mol. The molecule has 0 radical (unpaired) electrons. The molecular formula is C21H27NO5S. The summed E-state index contributed by atoms with van der Waals surface area (Å²) in [5.41, 5.74) is 1.03. The van der Waals surface area contributed by atoms with Gasteiger partial charge in [0.2, 0.25) is 10.0 Å². The van der Waals surface area contributed by atoms with Crippen LogP contribution >= 0.6 is 0 Å². The molecule has 0 spiro atoms. The van der Waals surface area contributed by atoms with E-state index in [1.54, 1.807) is 16.4 Å². The second-order valence-corrected chi connectivity index (χ2v) is 9.40. The maximum atomic E-state index is 13.5. The molecule has 6 nitrogen and oxygen atoms in total. The molecule has 0 bridgehead atoms. The highest BCUT2D eigenvalue weighted by molar-refractivity contribution is 7.89. The van der Waals surface area contributed by atoms with Crippen LogP contribution < -0.4 is 0 Å². The van der Waals surface area contributed by atoms with E-state index in [1.165, 1.54) is 0 Å². The zero-order valence-corrected chi connectivity index (χ0v) is 17.0. The average Bonchev–Trinajstić information content (AvgIpc) is 2.73. The Labute approximate surface area is 166 Å². The first-order chi connectivity index (χ1) is 13.5. The van der Waals surface area contributed by atoms with Gasteiger partial charge in [-0.05, 0) is 44.4 Å². The molecule has 1 aromatic carbocycles. The topological polar surface area (TPSA) is 65.1 Å². The second-order valence-electron chi connectivity index (χ2n) is 7.51. The van der Waals surface area contributed by atoms with Crippen LogP contribution in [0.3, 0.4) is 0 Å². The van der Waals surface area contributed by atoms with Crippen LogP contribution in [0.4, 0.5) is 0 Å². The molecule has 1 aliphatic carbocycles. The van der Waals surface area contributed by atoms with Gasteiger partial charge in [0.05, 0.1) is 11.4 Å². The van der Waals surface area contributed by atoms with Crippen LogP contribution in [0, 0.1) is 6.92 Å². The molecule has 1 aromatic rings. The fourth-order valence-electron chi connectivity index (χ4n) is 3.83. The van der Waals surface area contributed by atoms with Crippen molar-refractivity contribution in [2.75, 3.05) is 26.4 Å². The molecule has 1 atom stereocenters. The van der Waals surface area contributed by atoms with Crippen LogP contribution in [-0.2, 0) is 24.2 Å². The zero-order valence-electron chi connectivity index (χ0n) is 16.2. The molecule has 0 amide bonds. The van der Waals surface area contributed by atoms with Gasteiger partial charge >= 0.3 is 0 Å². The lowest BCUT2D eigenvalue weighted by atomic mass is 10.1. The predicted octanol–water partition coefficient (Wildman–Crippen LogP) is 3.14. The number of sulfonamides is 1. The van der Waals surface area contributed by atoms with Crippen LogP contribution in [0.1, 0.15) is 31.2 Å². The highest BCUT2D eigenvalue weighted by Crippen LogP contribution is 2.29. The summed E-state index contributed by atoms with van der Waals surface area (Å²) < 4.78 is 45.9. The molecule has 0 N–H and O–H groups in total. The van der Waals surface area contributed by atoms with Gasteiger partial charge in [-0.3, -0.25) is 0 Å². The molecule has 1 unspecified atom stereocenters. The third-order valence-corrected chi connectivity index (χ3v) is 7.36. The SMILES string of the molecule is Cc1ccc(S(=O)(=O)N(CC2COC3=C(C=CCC3)O2)C2CCOCC2)cc1. The molecule has 0 aromatic heterocycles. The summed E-state index contributed by atoms with van der Waals surface area (Å²) >= 11 is 0. The van der Waals surface area contributed by atoms with Crippen molar-refractivity contribution in [1.82, 2.24) is 4.31 Å². The quantitative estimate of drug-likeness (QED) is 0.753. The summed E-state index contributed by atoms with van der Waals surface area (Å²) in [6.45, 7) is 3.74. The van der Waals surface area contributed by atoms with E-state index >= 15 is 0 Å². The number of rotatable bonds is 5. The average molecular weight is 406 g/mol. The summed E-state index contributed by atoms with van der Waals surface area (Å²) in [6.07, 6.45) is 6.82. The minimum absolute atomic E-state index is 0.0964. The summed E-state index contributed by atoms with van der Waals surface area (Å²) in [5.74, 6) is 1.61. The highest BCUT2D eigenvalue weighted by Gasteiger charge is 2.36. The monoisotopic (exact) mass is 405 g/mol. The molecule has 1 saturated heterocycles. The van der Waals surface area contributed by atoms with E-state index in [0.29, 0.717) is 37.6 Å². The largest absolute Gasteiger partial charge is 0.490 e. The van der Waals surface area contributed by atoms with Crippen molar-refractivity contribution in [2.24, 2.45) is 0 Å². The third kappa shape index (κ3) is 4.11. The van der Waals surface area contributed by atoms with Crippen LogP contribution in [0.2, 0.25) is 0 Å². The lowest BCUT2D eigenvalue weighted by Gasteiger charge is -2.37. The van der Waals surface area contributed by atoms with Gasteiger partial charge in [0, 0.05) is 25.7 Å². The summed E-state index contributed by atoms with van der Waals surface area (Å²) in [5, 5.41) is 0. The van der Waals surface area contributed by atoms with Gasteiger partial charge in [0.15, 0.2) is 5.76 Å². The number of hydrogen-bond acceptors (Lipinski definition) is 5. The Morgan fingerprint density at radius 2 is 1.89 bits per heavy atom. The van der Waals surface area contributed by atoms with Gasteiger partial charge in [-0.15, -0.1) is 0 Å². The number of nitrogens with zero attached hydrogens (tertiary/aromatic N) is 1. The van der Waals surface area contributed by atoms with Gasteiger partial charge in [-0.25, -0.2) is 8.42 Å². The highest BCUT2D eigenvalue weighted by atomic mass is 32.2. The Morgan fingerprint density at radius 1 is 1.14 bits per heavy atom.